The van der Waals surface area contributed by atoms with Crippen LogP contribution in [0.1, 0.15) is 11.3 Å². The second kappa shape index (κ2) is 7.22. The van der Waals surface area contributed by atoms with Gasteiger partial charge in [0.25, 0.3) is 0 Å². The number of benzene rings is 1. The first-order valence-electron chi connectivity index (χ1n) is 7.79. The monoisotopic (exact) mass is 408 g/mol. The molecule has 26 heavy (non-hydrogen) atoms. The van der Waals surface area contributed by atoms with Crippen LogP contribution in [-0.4, -0.2) is 43.8 Å². The summed E-state index contributed by atoms with van der Waals surface area (Å²) >= 11 is 5.88. The number of hydrogen-bond donors (Lipinski definition) is 0. The van der Waals surface area contributed by atoms with Crippen LogP contribution in [0.15, 0.2) is 45.9 Å². The van der Waals surface area contributed by atoms with Crippen molar-refractivity contribution in [3.8, 4) is 0 Å². The molecule has 1 aromatic heterocycles. The van der Waals surface area contributed by atoms with Crippen LogP contribution in [0.4, 0.5) is 13.2 Å². The molecule has 142 valence electrons. The fourth-order valence-electron chi connectivity index (χ4n) is 2.77. The molecule has 1 fully saturated rings. The van der Waals surface area contributed by atoms with Crippen molar-refractivity contribution >= 4 is 21.6 Å². The molecule has 0 radical (unpaired) electrons. The quantitative estimate of drug-likeness (QED) is 0.777. The normalized spacial score (nSPS) is 17.5. The van der Waals surface area contributed by atoms with Crippen molar-refractivity contribution in [1.82, 2.24) is 9.21 Å². The summed E-state index contributed by atoms with van der Waals surface area (Å²) in [6, 6.07) is 5.91. The van der Waals surface area contributed by atoms with Crippen LogP contribution in [0.3, 0.4) is 0 Å². The summed E-state index contributed by atoms with van der Waals surface area (Å²) in [4.78, 5) is 1.49. The predicted octanol–water partition coefficient (Wildman–Crippen LogP) is 3.46. The maximum Gasteiger partial charge on any atom is 0.416 e. The largest absolute Gasteiger partial charge is 0.468 e. The third-order valence-corrected chi connectivity index (χ3v) is 6.55. The van der Waals surface area contributed by atoms with Gasteiger partial charge in [0.1, 0.15) is 10.7 Å². The fraction of sp³-hybridized carbons (Fsp3) is 0.375. The van der Waals surface area contributed by atoms with Gasteiger partial charge in [0, 0.05) is 26.2 Å². The maximum absolute atomic E-state index is 12.9. The van der Waals surface area contributed by atoms with Gasteiger partial charge in [-0.15, -0.1) is 0 Å². The minimum atomic E-state index is -4.64. The van der Waals surface area contributed by atoms with Gasteiger partial charge in [-0.2, -0.15) is 17.5 Å². The van der Waals surface area contributed by atoms with Gasteiger partial charge < -0.3 is 4.42 Å². The van der Waals surface area contributed by atoms with Gasteiger partial charge in [0.2, 0.25) is 10.0 Å². The number of halogens is 4. The number of hydrogen-bond acceptors (Lipinski definition) is 4. The van der Waals surface area contributed by atoms with Crippen molar-refractivity contribution in [2.75, 3.05) is 26.2 Å². The number of rotatable bonds is 4. The number of alkyl halides is 3. The average molecular weight is 409 g/mol. The molecule has 0 N–H and O–H groups in total. The van der Waals surface area contributed by atoms with Crippen molar-refractivity contribution in [1.29, 1.82) is 0 Å². The molecule has 1 saturated heterocycles. The fourth-order valence-corrected chi connectivity index (χ4v) is 4.69. The molecular weight excluding hydrogens is 393 g/mol. The molecule has 2 aromatic rings. The van der Waals surface area contributed by atoms with Crippen LogP contribution < -0.4 is 0 Å². The zero-order chi connectivity index (χ0) is 18.9. The molecule has 1 aliphatic rings. The van der Waals surface area contributed by atoms with E-state index in [0.29, 0.717) is 25.7 Å². The highest BCUT2D eigenvalue weighted by molar-refractivity contribution is 7.89. The Morgan fingerprint density at radius 2 is 1.81 bits per heavy atom. The molecule has 5 nitrogen and oxygen atoms in total. The van der Waals surface area contributed by atoms with E-state index in [-0.39, 0.29) is 18.1 Å². The summed E-state index contributed by atoms with van der Waals surface area (Å²) in [6.45, 7) is 1.75. The summed E-state index contributed by atoms with van der Waals surface area (Å²) < 4.78 is 70.6. The van der Waals surface area contributed by atoms with Crippen molar-refractivity contribution in [2.45, 2.75) is 17.6 Å². The smallest absolute Gasteiger partial charge is 0.416 e. The van der Waals surface area contributed by atoms with Crippen LogP contribution in [0, 0.1) is 0 Å². The molecule has 0 bridgehead atoms. The Balaban J connectivity index is 1.75. The van der Waals surface area contributed by atoms with E-state index in [1.165, 1.54) is 0 Å². The SMILES string of the molecule is O=S(=O)(c1cc(C(F)(F)F)ccc1Cl)N1CCN(Cc2ccco2)CC1. The lowest BCUT2D eigenvalue weighted by atomic mass is 10.2. The van der Waals surface area contributed by atoms with Gasteiger partial charge >= 0.3 is 6.18 Å². The maximum atomic E-state index is 12.9. The highest BCUT2D eigenvalue weighted by Crippen LogP contribution is 2.34. The van der Waals surface area contributed by atoms with E-state index in [2.05, 4.69) is 0 Å². The second-order valence-electron chi connectivity index (χ2n) is 5.90. The number of furan rings is 1. The Bertz CT molecular complexity index is 861. The van der Waals surface area contributed by atoms with Crippen molar-refractivity contribution in [2.24, 2.45) is 0 Å². The highest BCUT2D eigenvalue weighted by Gasteiger charge is 2.35. The molecule has 1 aliphatic heterocycles. The molecule has 0 saturated carbocycles. The Kier molecular flexibility index (Phi) is 5.34. The summed E-state index contributed by atoms with van der Waals surface area (Å²) in [5.41, 5.74) is -1.04. The molecular formula is C16H16ClF3N2O3S. The van der Waals surface area contributed by atoms with E-state index in [1.54, 1.807) is 12.3 Å². The standard InChI is InChI=1S/C16H16ClF3N2O3S/c17-14-4-3-12(16(18,19)20)10-15(14)26(23,24)22-7-5-21(6-8-22)11-13-2-1-9-25-13/h1-4,9-10H,5-8,11H2. The average Bonchev–Trinajstić information content (AvgIpc) is 3.07. The van der Waals surface area contributed by atoms with Crippen LogP contribution in [0.5, 0.6) is 0 Å². The highest BCUT2D eigenvalue weighted by atomic mass is 35.5. The minimum Gasteiger partial charge on any atom is -0.468 e. The third kappa shape index (κ3) is 4.06. The molecule has 0 unspecified atom stereocenters. The van der Waals surface area contributed by atoms with Gasteiger partial charge in [-0.05, 0) is 30.3 Å². The molecule has 0 spiro atoms. The van der Waals surface area contributed by atoms with Crippen LogP contribution in [-0.2, 0) is 22.7 Å². The Labute approximate surface area is 154 Å². The van der Waals surface area contributed by atoms with Crippen LogP contribution >= 0.6 is 11.6 Å². The first-order valence-corrected chi connectivity index (χ1v) is 9.61. The van der Waals surface area contributed by atoms with Crippen LogP contribution in [0.2, 0.25) is 5.02 Å². The lowest BCUT2D eigenvalue weighted by Gasteiger charge is -2.33. The molecule has 0 atom stereocenters. The van der Waals surface area contributed by atoms with Gasteiger partial charge in [-0.3, -0.25) is 4.90 Å². The first-order chi connectivity index (χ1) is 12.2. The van der Waals surface area contributed by atoms with E-state index in [1.807, 2.05) is 11.0 Å². The molecule has 3 rings (SSSR count). The zero-order valence-electron chi connectivity index (χ0n) is 13.5. The zero-order valence-corrected chi connectivity index (χ0v) is 15.1. The molecule has 10 heteroatoms. The predicted molar refractivity (Wildman–Crippen MR) is 89.2 cm³/mol. The lowest BCUT2D eigenvalue weighted by molar-refractivity contribution is -0.137. The van der Waals surface area contributed by atoms with Crippen LogP contribution in [0.25, 0.3) is 0 Å². The topological polar surface area (TPSA) is 53.8 Å². The van der Waals surface area contributed by atoms with Gasteiger partial charge in [0.05, 0.1) is 23.4 Å². The van der Waals surface area contributed by atoms with Crippen molar-refractivity contribution < 1.29 is 26.0 Å². The summed E-state index contributed by atoms with van der Waals surface area (Å²) in [5, 5.41) is -0.226. The van der Waals surface area contributed by atoms with Crippen molar-refractivity contribution in [3.63, 3.8) is 0 Å². The van der Waals surface area contributed by atoms with Gasteiger partial charge in [0.15, 0.2) is 0 Å². The van der Waals surface area contributed by atoms with E-state index in [0.717, 1.165) is 22.2 Å². The summed E-state index contributed by atoms with van der Waals surface area (Å²) in [7, 11) is -4.11. The molecule has 0 amide bonds. The van der Waals surface area contributed by atoms with E-state index >= 15 is 0 Å². The molecule has 2 heterocycles. The Hall–Kier alpha value is -1.55. The van der Waals surface area contributed by atoms with E-state index in [9.17, 15) is 21.6 Å². The number of piperazine rings is 1. The summed E-state index contributed by atoms with van der Waals surface area (Å²) in [6.07, 6.45) is -3.08. The Morgan fingerprint density at radius 1 is 1.12 bits per heavy atom. The Morgan fingerprint density at radius 3 is 2.38 bits per heavy atom. The minimum absolute atomic E-state index is 0.162. The number of sulfonamides is 1. The van der Waals surface area contributed by atoms with Gasteiger partial charge in [-0.25, -0.2) is 8.42 Å². The second-order valence-corrected chi connectivity index (χ2v) is 8.22. The van der Waals surface area contributed by atoms with E-state index < -0.39 is 26.7 Å². The number of nitrogens with zero attached hydrogens (tertiary/aromatic N) is 2. The third-order valence-electron chi connectivity index (χ3n) is 4.17. The van der Waals surface area contributed by atoms with Crippen molar-refractivity contribution in [3.05, 3.63) is 52.9 Å². The molecule has 1 aromatic carbocycles. The van der Waals surface area contributed by atoms with E-state index in [4.69, 9.17) is 16.0 Å². The van der Waals surface area contributed by atoms with Gasteiger partial charge in [-0.1, -0.05) is 11.6 Å². The summed E-state index contributed by atoms with van der Waals surface area (Å²) in [5.74, 6) is 0.766. The first kappa shape index (κ1) is 19.2. The molecule has 0 aliphatic carbocycles. The lowest BCUT2D eigenvalue weighted by Crippen LogP contribution is -2.48.